The topological polar surface area (TPSA) is 58.4 Å². The van der Waals surface area contributed by atoms with Crippen LogP contribution in [-0.2, 0) is 4.79 Å². The highest BCUT2D eigenvalue weighted by atomic mass is 32.1. The lowest BCUT2D eigenvalue weighted by Gasteiger charge is -2.20. The summed E-state index contributed by atoms with van der Waals surface area (Å²) < 4.78 is 0. The van der Waals surface area contributed by atoms with Crippen LogP contribution < -0.4 is 11.1 Å². The predicted octanol–water partition coefficient (Wildman–Crippen LogP) is 0.613. The molecule has 0 radical (unpaired) electrons. The van der Waals surface area contributed by atoms with E-state index in [1.165, 1.54) is 0 Å². The Kier molecular flexibility index (Phi) is 5.33. The molecular weight excluding hydrogens is 234 g/mol. The Hall–Kier alpha value is -0.680. The third-order valence-electron chi connectivity index (χ3n) is 3.31. The number of thiocarbonyl (C=S) groups is 1. The maximum Gasteiger partial charge on any atom is 0.230 e. The van der Waals surface area contributed by atoms with Crippen molar-refractivity contribution < 1.29 is 4.79 Å². The third-order valence-corrected chi connectivity index (χ3v) is 3.56. The maximum atomic E-state index is 12.0. The summed E-state index contributed by atoms with van der Waals surface area (Å²) in [6, 6.07) is 0. The molecule has 1 heterocycles. The van der Waals surface area contributed by atoms with Crippen LogP contribution in [0.3, 0.4) is 0 Å². The van der Waals surface area contributed by atoms with Crippen LogP contribution in [0.2, 0.25) is 0 Å². The summed E-state index contributed by atoms with van der Waals surface area (Å²) >= 11 is 4.95. The zero-order valence-corrected chi connectivity index (χ0v) is 11.7. The molecule has 1 amide bonds. The second-order valence-corrected chi connectivity index (χ2v) is 5.76. The molecule has 5 heteroatoms. The largest absolute Gasteiger partial charge is 0.393 e. The van der Waals surface area contributed by atoms with Crippen molar-refractivity contribution in [2.45, 2.75) is 20.3 Å². The molecule has 0 aliphatic carbocycles. The van der Waals surface area contributed by atoms with Gasteiger partial charge in [0.05, 0.1) is 10.9 Å². The van der Waals surface area contributed by atoms with Crippen molar-refractivity contribution in [3.63, 3.8) is 0 Å². The number of carbonyl (C=O) groups is 1. The van der Waals surface area contributed by atoms with Gasteiger partial charge in [-0.1, -0.05) is 26.1 Å². The normalized spacial score (nSPS) is 22.7. The number of nitrogens with two attached hydrogens (primary N) is 1. The minimum absolute atomic E-state index is 0.0259. The van der Waals surface area contributed by atoms with Crippen molar-refractivity contribution in [2.75, 3.05) is 26.7 Å². The van der Waals surface area contributed by atoms with Crippen LogP contribution in [0.15, 0.2) is 0 Å². The molecule has 1 fully saturated rings. The number of carbonyl (C=O) groups excluding carboxylic acids is 1. The number of hydrogen-bond donors (Lipinski definition) is 2. The van der Waals surface area contributed by atoms with E-state index in [1.54, 1.807) is 0 Å². The van der Waals surface area contributed by atoms with Crippen molar-refractivity contribution in [3.8, 4) is 0 Å². The molecule has 98 valence electrons. The molecule has 1 aliphatic rings. The number of nitrogens with zero attached hydrogens (tertiary/aromatic N) is 1. The van der Waals surface area contributed by atoms with Gasteiger partial charge in [0.2, 0.25) is 5.91 Å². The van der Waals surface area contributed by atoms with Gasteiger partial charge in [0.25, 0.3) is 0 Å². The minimum Gasteiger partial charge on any atom is -0.393 e. The molecular formula is C12H23N3OS. The van der Waals surface area contributed by atoms with Crippen molar-refractivity contribution in [1.82, 2.24) is 10.2 Å². The van der Waals surface area contributed by atoms with E-state index in [-0.39, 0.29) is 17.7 Å². The van der Waals surface area contributed by atoms with E-state index >= 15 is 0 Å². The Labute approximate surface area is 109 Å². The monoisotopic (exact) mass is 257 g/mol. The fraction of sp³-hybridized carbons (Fsp3) is 0.833. The summed E-state index contributed by atoms with van der Waals surface area (Å²) in [6.07, 6.45) is 1.15. The maximum absolute atomic E-state index is 12.0. The van der Waals surface area contributed by atoms with Crippen molar-refractivity contribution >= 4 is 23.1 Å². The molecule has 1 saturated heterocycles. The van der Waals surface area contributed by atoms with E-state index in [4.69, 9.17) is 18.0 Å². The van der Waals surface area contributed by atoms with Crippen molar-refractivity contribution in [2.24, 2.45) is 23.5 Å². The molecule has 4 nitrogen and oxygen atoms in total. The molecule has 17 heavy (non-hydrogen) atoms. The highest BCUT2D eigenvalue weighted by molar-refractivity contribution is 7.80. The predicted molar refractivity (Wildman–Crippen MR) is 73.7 cm³/mol. The summed E-state index contributed by atoms with van der Waals surface area (Å²) in [5.41, 5.74) is 5.61. The van der Waals surface area contributed by atoms with Gasteiger partial charge in [-0.2, -0.15) is 0 Å². The lowest BCUT2D eigenvalue weighted by Crippen LogP contribution is -2.42. The smallest absolute Gasteiger partial charge is 0.230 e. The van der Waals surface area contributed by atoms with Gasteiger partial charge >= 0.3 is 0 Å². The van der Waals surface area contributed by atoms with Gasteiger partial charge in [-0.05, 0) is 31.8 Å². The van der Waals surface area contributed by atoms with Gasteiger partial charge in [-0.25, -0.2) is 0 Å². The lowest BCUT2D eigenvalue weighted by molar-refractivity contribution is -0.124. The first-order valence-corrected chi connectivity index (χ1v) is 6.58. The molecule has 1 rings (SSSR count). The first-order valence-electron chi connectivity index (χ1n) is 6.17. The fourth-order valence-electron chi connectivity index (χ4n) is 2.31. The van der Waals surface area contributed by atoms with E-state index in [2.05, 4.69) is 17.3 Å². The zero-order chi connectivity index (χ0) is 13.0. The van der Waals surface area contributed by atoms with E-state index in [1.807, 2.05) is 13.8 Å². The summed E-state index contributed by atoms with van der Waals surface area (Å²) in [4.78, 5) is 14.5. The van der Waals surface area contributed by atoms with Crippen LogP contribution in [0.1, 0.15) is 20.3 Å². The van der Waals surface area contributed by atoms with Gasteiger partial charge in [0.1, 0.15) is 0 Å². The second kappa shape index (κ2) is 6.31. The average Bonchev–Trinajstić information content (AvgIpc) is 2.60. The van der Waals surface area contributed by atoms with Crippen molar-refractivity contribution in [1.29, 1.82) is 0 Å². The van der Waals surface area contributed by atoms with Gasteiger partial charge < -0.3 is 16.0 Å². The standard InChI is InChI=1S/C12H23N3OS/c1-8(2)10(11(13)17)12(16)14-6-9-4-5-15(3)7-9/h8-10H,4-7H2,1-3H3,(H2,13,17)(H,14,16). The highest BCUT2D eigenvalue weighted by Gasteiger charge is 2.26. The fourth-order valence-corrected chi connectivity index (χ4v) is 2.69. The Balaban J connectivity index is 2.40. The molecule has 0 spiro atoms. The van der Waals surface area contributed by atoms with E-state index in [0.717, 1.165) is 26.1 Å². The molecule has 0 aromatic heterocycles. The van der Waals surface area contributed by atoms with Crippen LogP contribution >= 0.6 is 12.2 Å². The van der Waals surface area contributed by atoms with Crippen LogP contribution in [0.25, 0.3) is 0 Å². The number of rotatable bonds is 5. The van der Waals surface area contributed by atoms with Crippen LogP contribution in [0, 0.1) is 17.8 Å². The number of nitrogens with one attached hydrogen (secondary N) is 1. The Morgan fingerprint density at radius 1 is 1.59 bits per heavy atom. The Morgan fingerprint density at radius 3 is 2.65 bits per heavy atom. The number of amides is 1. The SMILES string of the molecule is CC(C)C(C(=O)NCC1CCN(C)C1)C(N)=S. The average molecular weight is 257 g/mol. The minimum atomic E-state index is -0.343. The molecule has 0 aromatic carbocycles. The molecule has 2 atom stereocenters. The first-order chi connectivity index (χ1) is 7.91. The molecule has 0 aromatic rings. The third kappa shape index (κ3) is 4.24. The summed E-state index contributed by atoms with van der Waals surface area (Å²) in [6.45, 7) is 6.83. The van der Waals surface area contributed by atoms with Crippen LogP contribution in [0.5, 0.6) is 0 Å². The van der Waals surface area contributed by atoms with Crippen molar-refractivity contribution in [3.05, 3.63) is 0 Å². The number of hydrogen-bond acceptors (Lipinski definition) is 3. The Morgan fingerprint density at radius 2 is 2.24 bits per heavy atom. The zero-order valence-electron chi connectivity index (χ0n) is 10.9. The van der Waals surface area contributed by atoms with E-state index in [9.17, 15) is 4.79 Å². The van der Waals surface area contributed by atoms with Gasteiger partial charge in [0, 0.05) is 13.1 Å². The van der Waals surface area contributed by atoms with E-state index in [0.29, 0.717) is 10.9 Å². The second-order valence-electron chi connectivity index (χ2n) is 5.29. The lowest BCUT2D eigenvalue weighted by atomic mass is 9.94. The molecule has 2 unspecified atom stereocenters. The summed E-state index contributed by atoms with van der Waals surface area (Å²) in [7, 11) is 2.10. The van der Waals surface area contributed by atoms with Gasteiger partial charge in [-0.3, -0.25) is 4.79 Å². The Bertz CT molecular complexity index is 293. The first kappa shape index (κ1) is 14.4. The van der Waals surface area contributed by atoms with E-state index < -0.39 is 0 Å². The number of likely N-dealkylation sites (tertiary alicyclic amines) is 1. The molecule has 0 bridgehead atoms. The van der Waals surface area contributed by atoms with Gasteiger partial charge in [0.15, 0.2) is 0 Å². The quantitative estimate of drug-likeness (QED) is 0.709. The van der Waals surface area contributed by atoms with Crippen LogP contribution in [-0.4, -0.2) is 42.5 Å². The summed E-state index contributed by atoms with van der Waals surface area (Å²) in [5.74, 6) is 0.341. The molecule has 0 saturated carbocycles. The van der Waals surface area contributed by atoms with Crippen LogP contribution in [0.4, 0.5) is 0 Å². The van der Waals surface area contributed by atoms with Gasteiger partial charge in [-0.15, -0.1) is 0 Å². The highest BCUT2D eigenvalue weighted by Crippen LogP contribution is 2.15. The summed E-state index contributed by atoms with van der Waals surface area (Å²) in [5, 5.41) is 2.97. The molecule has 1 aliphatic heterocycles. The molecule has 3 N–H and O–H groups in total.